The van der Waals surface area contributed by atoms with E-state index >= 15 is 0 Å². The molecule has 1 aliphatic heterocycles. The first kappa shape index (κ1) is 12.0. The highest BCUT2D eigenvalue weighted by molar-refractivity contribution is 5.96. The normalized spacial score (nSPS) is 15.5. The third-order valence-electron chi connectivity index (χ3n) is 3.85. The van der Waals surface area contributed by atoms with Gasteiger partial charge in [-0.15, -0.1) is 5.10 Å². The average Bonchev–Trinajstić information content (AvgIpc) is 3.11. The van der Waals surface area contributed by atoms with E-state index in [4.69, 9.17) is 0 Å². The Kier molecular flexibility index (Phi) is 2.64. The van der Waals surface area contributed by atoms with Crippen molar-refractivity contribution in [3.05, 3.63) is 66.1 Å². The van der Waals surface area contributed by atoms with Crippen LogP contribution < -0.4 is 0 Å². The maximum absolute atomic E-state index is 12.5. The molecule has 0 fully saturated rings. The summed E-state index contributed by atoms with van der Waals surface area (Å²) in [5.74, 6) is 0.0838. The number of benzene rings is 1. The van der Waals surface area contributed by atoms with Crippen LogP contribution in [0.4, 0.5) is 0 Å². The van der Waals surface area contributed by atoms with Crippen LogP contribution in [-0.2, 0) is 0 Å². The van der Waals surface area contributed by atoms with E-state index in [2.05, 4.69) is 21.4 Å². The molecule has 0 aliphatic carbocycles. The Morgan fingerprint density at radius 3 is 2.81 bits per heavy atom. The van der Waals surface area contributed by atoms with Gasteiger partial charge in [-0.1, -0.05) is 29.5 Å². The first-order valence-corrected chi connectivity index (χ1v) is 6.77. The van der Waals surface area contributed by atoms with Gasteiger partial charge in [0.05, 0.1) is 17.9 Å². The van der Waals surface area contributed by atoms with E-state index in [-0.39, 0.29) is 11.8 Å². The van der Waals surface area contributed by atoms with Gasteiger partial charge in [-0.05, 0) is 17.7 Å². The number of fused-ring (bicyclic) bond motifs is 3. The second kappa shape index (κ2) is 4.63. The third kappa shape index (κ3) is 1.86. The van der Waals surface area contributed by atoms with Gasteiger partial charge < -0.3 is 0 Å². The second-order valence-corrected chi connectivity index (χ2v) is 5.03. The Morgan fingerprint density at radius 1 is 1.14 bits per heavy atom. The van der Waals surface area contributed by atoms with Gasteiger partial charge in [0, 0.05) is 29.9 Å². The lowest BCUT2D eigenvalue weighted by Gasteiger charge is -2.12. The predicted molar refractivity (Wildman–Crippen MR) is 76.8 cm³/mol. The zero-order chi connectivity index (χ0) is 14.2. The largest absolute Gasteiger partial charge is 0.294 e. The molecule has 0 spiro atoms. The first-order valence-electron chi connectivity index (χ1n) is 6.77. The zero-order valence-electron chi connectivity index (χ0n) is 11.2. The van der Waals surface area contributed by atoms with Crippen molar-refractivity contribution in [1.29, 1.82) is 0 Å². The van der Waals surface area contributed by atoms with E-state index in [1.807, 2.05) is 22.9 Å². The fraction of sp³-hybridized carbons (Fsp3) is 0.125. The summed E-state index contributed by atoms with van der Waals surface area (Å²) in [7, 11) is 0. The SMILES string of the molecule is O=C(CC1c2ccccc2-c2cnnn21)c1ccncc1. The van der Waals surface area contributed by atoms with Crippen LogP contribution in [0.2, 0.25) is 0 Å². The summed E-state index contributed by atoms with van der Waals surface area (Å²) in [6.07, 6.45) is 5.39. The van der Waals surface area contributed by atoms with Crippen molar-refractivity contribution in [2.75, 3.05) is 0 Å². The van der Waals surface area contributed by atoms with E-state index in [0.29, 0.717) is 12.0 Å². The van der Waals surface area contributed by atoms with E-state index < -0.39 is 0 Å². The number of carbonyl (C=O) groups excluding carboxylic acids is 1. The number of hydrogen-bond acceptors (Lipinski definition) is 4. The number of rotatable bonds is 3. The van der Waals surface area contributed by atoms with Crippen molar-refractivity contribution in [3.8, 4) is 11.3 Å². The van der Waals surface area contributed by atoms with Crippen molar-refractivity contribution < 1.29 is 4.79 Å². The fourth-order valence-corrected chi connectivity index (χ4v) is 2.85. The Bertz CT molecular complexity index is 810. The maximum atomic E-state index is 12.5. The summed E-state index contributed by atoms with van der Waals surface area (Å²) in [6, 6.07) is 11.5. The third-order valence-corrected chi connectivity index (χ3v) is 3.85. The Hall–Kier alpha value is -2.82. The topological polar surface area (TPSA) is 60.7 Å². The molecule has 0 bridgehead atoms. The van der Waals surface area contributed by atoms with Gasteiger partial charge in [-0.2, -0.15) is 0 Å². The Labute approximate surface area is 121 Å². The molecule has 1 unspecified atom stereocenters. The van der Waals surface area contributed by atoms with Crippen molar-refractivity contribution in [3.63, 3.8) is 0 Å². The molecule has 0 saturated carbocycles. The van der Waals surface area contributed by atoms with Gasteiger partial charge in [-0.25, -0.2) is 4.68 Å². The van der Waals surface area contributed by atoms with Crippen LogP contribution in [0.5, 0.6) is 0 Å². The molecule has 5 heteroatoms. The minimum Gasteiger partial charge on any atom is -0.294 e. The molecule has 1 atom stereocenters. The van der Waals surface area contributed by atoms with Crippen molar-refractivity contribution in [2.45, 2.75) is 12.5 Å². The van der Waals surface area contributed by atoms with Crippen LogP contribution in [0, 0.1) is 0 Å². The monoisotopic (exact) mass is 276 g/mol. The van der Waals surface area contributed by atoms with Gasteiger partial charge in [0.1, 0.15) is 0 Å². The summed E-state index contributed by atoms with van der Waals surface area (Å²) in [6.45, 7) is 0. The number of nitrogens with zero attached hydrogens (tertiary/aromatic N) is 4. The molecule has 1 aromatic carbocycles. The fourth-order valence-electron chi connectivity index (χ4n) is 2.85. The lowest BCUT2D eigenvalue weighted by atomic mass is 9.97. The standard InChI is InChI=1S/C16H12N4O/c21-16(11-5-7-17-8-6-11)9-14-12-3-1-2-4-13(12)15-10-18-19-20(14)15/h1-8,10,14H,9H2. The number of carbonyl (C=O) groups is 1. The Balaban J connectivity index is 1.72. The van der Waals surface area contributed by atoms with E-state index in [1.54, 1.807) is 30.7 Å². The molecule has 4 rings (SSSR count). The molecular weight excluding hydrogens is 264 g/mol. The summed E-state index contributed by atoms with van der Waals surface area (Å²) in [4.78, 5) is 16.4. The summed E-state index contributed by atoms with van der Waals surface area (Å²) < 4.78 is 1.84. The summed E-state index contributed by atoms with van der Waals surface area (Å²) in [5.41, 5.74) is 3.88. The van der Waals surface area contributed by atoms with Gasteiger partial charge in [-0.3, -0.25) is 9.78 Å². The highest BCUT2D eigenvalue weighted by atomic mass is 16.1. The highest BCUT2D eigenvalue weighted by Crippen LogP contribution is 2.40. The summed E-state index contributed by atoms with van der Waals surface area (Å²) in [5, 5.41) is 8.11. The molecule has 5 nitrogen and oxygen atoms in total. The lowest BCUT2D eigenvalue weighted by Crippen LogP contribution is -2.13. The minimum absolute atomic E-state index is 0.0838. The number of aromatic nitrogens is 4. The number of Topliss-reactive ketones (excluding diaryl/α,β-unsaturated/α-hetero) is 1. The number of hydrogen-bond donors (Lipinski definition) is 0. The smallest absolute Gasteiger partial charge is 0.165 e. The van der Waals surface area contributed by atoms with Crippen molar-refractivity contribution in [2.24, 2.45) is 0 Å². The minimum atomic E-state index is -0.0839. The van der Waals surface area contributed by atoms with Gasteiger partial charge >= 0.3 is 0 Å². The van der Waals surface area contributed by atoms with Crippen LogP contribution in [0.15, 0.2) is 55.0 Å². The quantitative estimate of drug-likeness (QED) is 0.690. The Morgan fingerprint density at radius 2 is 1.95 bits per heavy atom. The van der Waals surface area contributed by atoms with E-state index in [1.165, 1.54) is 0 Å². The highest BCUT2D eigenvalue weighted by Gasteiger charge is 2.31. The van der Waals surface area contributed by atoms with Crippen molar-refractivity contribution in [1.82, 2.24) is 20.0 Å². The molecule has 2 aromatic heterocycles. The molecule has 0 amide bonds. The number of ketones is 1. The number of pyridine rings is 1. The molecule has 102 valence electrons. The molecule has 0 saturated heterocycles. The first-order chi connectivity index (χ1) is 10.3. The van der Waals surface area contributed by atoms with Crippen LogP contribution in [0.25, 0.3) is 11.3 Å². The molecule has 0 N–H and O–H groups in total. The summed E-state index contributed by atoms with van der Waals surface area (Å²) >= 11 is 0. The molecule has 3 aromatic rings. The predicted octanol–water partition coefficient (Wildman–Crippen LogP) is 2.52. The molecule has 3 heterocycles. The zero-order valence-corrected chi connectivity index (χ0v) is 11.2. The van der Waals surface area contributed by atoms with Crippen LogP contribution in [0.1, 0.15) is 28.4 Å². The lowest BCUT2D eigenvalue weighted by molar-refractivity contribution is 0.0968. The van der Waals surface area contributed by atoms with Crippen molar-refractivity contribution >= 4 is 5.78 Å². The molecular formula is C16H12N4O. The molecule has 21 heavy (non-hydrogen) atoms. The molecule has 0 radical (unpaired) electrons. The van der Waals surface area contributed by atoms with Gasteiger partial charge in [0.15, 0.2) is 5.78 Å². The van der Waals surface area contributed by atoms with Crippen LogP contribution in [-0.4, -0.2) is 25.8 Å². The average molecular weight is 276 g/mol. The van der Waals surface area contributed by atoms with E-state index in [0.717, 1.165) is 16.8 Å². The van der Waals surface area contributed by atoms with Crippen LogP contribution in [0.3, 0.4) is 0 Å². The van der Waals surface area contributed by atoms with Gasteiger partial charge in [0.25, 0.3) is 0 Å². The molecule has 1 aliphatic rings. The maximum Gasteiger partial charge on any atom is 0.165 e. The van der Waals surface area contributed by atoms with E-state index in [9.17, 15) is 4.79 Å². The second-order valence-electron chi connectivity index (χ2n) is 5.03. The van der Waals surface area contributed by atoms with Crippen LogP contribution >= 0.6 is 0 Å². The van der Waals surface area contributed by atoms with Gasteiger partial charge in [0.2, 0.25) is 0 Å².